The molecule has 1 aromatic rings. The molecular weight excluding hydrogens is 274 g/mol. The highest BCUT2D eigenvalue weighted by atomic mass is 16.6. The van der Waals surface area contributed by atoms with Crippen LogP contribution in [-0.4, -0.2) is 23.3 Å². The first kappa shape index (κ1) is 15.0. The van der Waals surface area contributed by atoms with Crippen LogP contribution in [0.5, 0.6) is 0 Å². The molecule has 2 N–H and O–H groups in total. The molecule has 1 saturated heterocycles. The summed E-state index contributed by atoms with van der Waals surface area (Å²) in [6, 6.07) is 4.68. The molecule has 1 fully saturated rings. The van der Waals surface area contributed by atoms with Gasteiger partial charge in [0, 0.05) is 30.3 Å². The fraction of sp³-hybridized carbons (Fsp3) is 0.429. The van der Waals surface area contributed by atoms with Crippen molar-refractivity contribution in [2.24, 2.45) is 5.92 Å². The Balaban J connectivity index is 2.09. The number of piperidine rings is 1. The third kappa shape index (κ3) is 3.56. The second-order valence-electron chi connectivity index (χ2n) is 4.98. The first-order valence-electron chi connectivity index (χ1n) is 6.86. The van der Waals surface area contributed by atoms with Crippen LogP contribution in [-0.2, 0) is 16.0 Å². The van der Waals surface area contributed by atoms with E-state index in [2.05, 4.69) is 10.6 Å². The van der Waals surface area contributed by atoms with Crippen molar-refractivity contribution in [2.75, 3.05) is 11.9 Å². The maximum Gasteiger partial charge on any atom is 0.274 e. The van der Waals surface area contributed by atoms with Crippen LogP contribution < -0.4 is 10.6 Å². The maximum atomic E-state index is 12.1. The zero-order valence-corrected chi connectivity index (χ0v) is 11.7. The molecule has 1 aromatic carbocycles. The predicted molar refractivity (Wildman–Crippen MR) is 76.8 cm³/mol. The van der Waals surface area contributed by atoms with E-state index in [9.17, 15) is 19.7 Å². The average Bonchev–Trinajstić information content (AvgIpc) is 2.47. The molecule has 0 radical (unpaired) electrons. The molecule has 0 spiro atoms. The highest BCUT2D eigenvalue weighted by molar-refractivity contribution is 5.94. The summed E-state index contributed by atoms with van der Waals surface area (Å²) in [6.07, 6.45) is 1.37. The number of carbonyl (C=O) groups is 2. The Kier molecular flexibility index (Phi) is 4.52. The number of anilines is 1. The summed E-state index contributed by atoms with van der Waals surface area (Å²) in [4.78, 5) is 33.7. The molecule has 112 valence electrons. The largest absolute Gasteiger partial charge is 0.355 e. The van der Waals surface area contributed by atoms with Crippen molar-refractivity contribution in [3.63, 3.8) is 0 Å². The summed E-state index contributed by atoms with van der Waals surface area (Å²) >= 11 is 0. The van der Waals surface area contributed by atoms with Crippen LogP contribution >= 0.6 is 0 Å². The highest BCUT2D eigenvalue weighted by Crippen LogP contribution is 2.24. The Morgan fingerprint density at radius 1 is 1.52 bits per heavy atom. The molecule has 1 aliphatic rings. The van der Waals surface area contributed by atoms with Crippen LogP contribution in [0.1, 0.15) is 25.3 Å². The molecule has 1 heterocycles. The van der Waals surface area contributed by atoms with Crippen LogP contribution in [0.25, 0.3) is 0 Å². The van der Waals surface area contributed by atoms with Gasteiger partial charge in [-0.1, -0.05) is 13.0 Å². The van der Waals surface area contributed by atoms with Gasteiger partial charge in [-0.2, -0.15) is 0 Å². The summed E-state index contributed by atoms with van der Waals surface area (Å²) < 4.78 is 0. The fourth-order valence-electron chi connectivity index (χ4n) is 2.31. The minimum absolute atomic E-state index is 0.00671. The van der Waals surface area contributed by atoms with E-state index in [0.29, 0.717) is 37.1 Å². The monoisotopic (exact) mass is 291 g/mol. The van der Waals surface area contributed by atoms with Gasteiger partial charge in [-0.25, -0.2) is 0 Å². The molecule has 1 aliphatic heterocycles. The normalized spacial score (nSPS) is 18.0. The SMILES string of the molecule is CCc1ccc(NC(=O)C2CCC(=O)NC2)cc1[N+](=O)[O-]. The molecule has 21 heavy (non-hydrogen) atoms. The molecule has 2 amide bonds. The van der Waals surface area contributed by atoms with Crippen LogP contribution in [0.15, 0.2) is 18.2 Å². The first-order valence-corrected chi connectivity index (χ1v) is 6.86. The number of hydrogen-bond donors (Lipinski definition) is 2. The molecule has 1 atom stereocenters. The van der Waals surface area contributed by atoms with E-state index in [1.807, 2.05) is 6.92 Å². The van der Waals surface area contributed by atoms with Crippen molar-refractivity contribution in [2.45, 2.75) is 26.2 Å². The van der Waals surface area contributed by atoms with E-state index < -0.39 is 4.92 Å². The standard InChI is InChI=1S/C14H17N3O4/c1-2-9-3-5-11(7-12(9)17(20)21)16-14(19)10-4-6-13(18)15-8-10/h3,5,7,10H,2,4,6,8H2,1H3,(H,15,18)(H,16,19). The summed E-state index contributed by atoms with van der Waals surface area (Å²) in [5.41, 5.74) is 1.04. The van der Waals surface area contributed by atoms with Crippen LogP contribution in [0.3, 0.4) is 0 Å². The molecular formula is C14H17N3O4. The van der Waals surface area contributed by atoms with Crippen LogP contribution in [0.2, 0.25) is 0 Å². The van der Waals surface area contributed by atoms with Gasteiger partial charge >= 0.3 is 0 Å². The number of carbonyl (C=O) groups excluding carboxylic acids is 2. The molecule has 1 unspecified atom stereocenters. The van der Waals surface area contributed by atoms with Gasteiger partial charge < -0.3 is 10.6 Å². The highest BCUT2D eigenvalue weighted by Gasteiger charge is 2.25. The minimum atomic E-state index is -0.449. The van der Waals surface area contributed by atoms with E-state index in [-0.39, 0.29) is 23.4 Å². The second kappa shape index (κ2) is 6.34. The first-order chi connectivity index (χ1) is 10.0. The summed E-state index contributed by atoms with van der Waals surface area (Å²) in [6.45, 7) is 2.14. The lowest BCUT2D eigenvalue weighted by molar-refractivity contribution is -0.385. The average molecular weight is 291 g/mol. The number of nitro benzene ring substituents is 1. The number of nitrogens with one attached hydrogen (secondary N) is 2. The number of hydrogen-bond acceptors (Lipinski definition) is 4. The Labute approximate surface area is 121 Å². The van der Waals surface area contributed by atoms with Gasteiger partial charge in [0.2, 0.25) is 11.8 Å². The van der Waals surface area contributed by atoms with Gasteiger partial charge in [0.05, 0.1) is 10.8 Å². The Hall–Kier alpha value is -2.44. The zero-order valence-electron chi connectivity index (χ0n) is 11.7. The Morgan fingerprint density at radius 2 is 2.29 bits per heavy atom. The molecule has 0 aliphatic carbocycles. The topological polar surface area (TPSA) is 101 Å². The fourth-order valence-corrected chi connectivity index (χ4v) is 2.31. The van der Waals surface area contributed by atoms with E-state index in [1.165, 1.54) is 6.07 Å². The third-order valence-electron chi connectivity index (χ3n) is 3.57. The van der Waals surface area contributed by atoms with E-state index in [4.69, 9.17) is 0 Å². The third-order valence-corrected chi connectivity index (χ3v) is 3.57. The molecule has 0 bridgehead atoms. The van der Waals surface area contributed by atoms with Gasteiger partial charge in [0.1, 0.15) is 0 Å². The van der Waals surface area contributed by atoms with Crippen molar-refractivity contribution in [3.05, 3.63) is 33.9 Å². The molecule has 0 aromatic heterocycles. The Morgan fingerprint density at radius 3 is 2.86 bits per heavy atom. The predicted octanol–water partition coefficient (Wildman–Crippen LogP) is 1.62. The lowest BCUT2D eigenvalue weighted by Gasteiger charge is -2.21. The van der Waals surface area contributed by atoms with Gasteiger partial charge in [0.25, 0.3) is 5.69 Å². The number of rotatable bonds is 4. The molecule has 0 saturated carbocycles. The van der Waals surface area contributed by atoms with Crippen LogP contribution in [0.4, 0.5) is 11.4 Å². The van der Waals surface area contributed by atoms with Crippen molar-refractivity contribution < 1.29 is 14.5 Å². The number of nitro groups is 1. The number of amides is 2. The molecule has 7 nitrogen and oxygen atoms in total. The van der Waals surface area contributed by atoms with Crippen molar-refractivity contribution >= 4 is 23.2 Å². The van der Waals surface area contributed by atoms with Gasteiger partial charge in [-0.3, -0.25) is 19.7 Å². The lowest BCUT2D eigenvalue weighted by atomic mass is 9.98. The van der Waals surface area contributed by atoms with E-state index in [0.717, 1.165) is 0 Å². The summed E-state index contributed by atoms with van der Waals surface area (Å²) in [5, 5.41) is 16.3. The minimum Gasteiger partial charge on any atom is -0.355 e. The van der Waals surface area contributed by atoms with Crippen LogP contribution in [0, 0.1) is 16.0 Å². The summed E-state index contributed by atoms with van der Waals surface area (Å²) in [5.74, 6) is -0.580. The quantitative estimate of drug-likeness (QED) is 0.650. The molecule has 2 rings (SSSR count). The smallest absolute Gasteiger partial charge is 0.274 e. The van der Waals surface area contributed by atoms with Crippen molar-refractivity contribution in [3.8, 4) is 0 Å². The zero-order chi connectivity index (χ0) is 15.4. The van der Waals surface area contributed by atoms with Crippen molar-refractivity contribution in [1.82, 2.24) is 5.32 Å². The summed E-state index contributed by atoms with van der Waals surface area (Å²) in [7, 11) is 0. The van der Waals surface area contributed by atoms with Gasteiger partial charge in [-0.15, -0.1) is 0 Å². The molecule has 7 heteroatoms. The van der Waals surface area contributed by atoms with E-state index >= 15 is 0 Å². The second-order valence-corrected chi connectivity index (χ2v) is 4.98. The van der Waals surface area contributed by atoms with Crippen molar-refractivity contribution in [1.29, 1.82) is 0 Å². The number of benzene rings is 1. The lowest BCUT2D eigenvalue weighted by Crippen LogP contribution is -2.40. The number of aryl methyl sites for hydroxylation is 1. The number of nitrogens with zero attached hydrogens (tertiary/aromatic N) is 1. The van der Waals surface area contributed by atoms with Gasteiger partial charge in [0.15, 0.2) is 0 Å². The maximum absolute atomic E-state index is 12.1. The van der Waals surface area contributed by atoms with Gasteiger partial charge in [-0.05, 0) is 18.9 Å². The Bertz CT molecular complexity index is 576. The van der Waals surface area contributed by atoms with E-state index in [1.54, 1.807) is 12.1 Å².